The van der Waals surface area contributed by atoms with Crippen molar-refractivity contribution in [2.75, 3.05) is 13.2 Å². The van der Waals surface area contributed by atoms with Gasteiger partial charge in [-0.15, -0.1) is 0 Å². The summed E-state index contributed by atoms with van der Waals surface area (Å²) >= 11 is 0. The summed E-state index contributed by atoms with van der Waals surface area (Å²) in [5.41, 5.74) is 1.27. The maximum absolute atomic E-state index is 12.4. The first kappa shape index (κ1) is 16.6. The normalized spacial score (nSPS) is 17.5. The summed E-state index contributed by atoms with van der Waals surface area (Å²) in [5, 5.41) is 0. The molecule has 0 aromatic carbocycles. The molecule has 0 aliphatic carbocycles. The zero-order chi connectivity index (χ0) is 15.9. The zero-order valence-corrected chi connectivity index (χ0v) is 13.5. The molecular formula is C17H25NO4. The fraction of sp³-hybridized carbons (Fsp3) is 0.647. The van der Waals surface area contributed by atoms with E-state index in [1.54, 1.807) is 6.07 Å². The Hall–Kier alpha value is -1.78. The molecule has 22 heavy (non-hydrogen) atoms. The number of nitrogens with zero attached hydrogens (tertiary/aromatic N) is 1. The third-order valence-electron chi connectivity index (χ3n) is 3.87. The standard InChI is InChI=1S/C17H25NO4/c1-3-11-21-16(19)13-7-5-6-9-18-10-8-14(15(13)18)17(20)22-12-4-2/h8,10,13H,3-7,9,11-12H2,1-2H3. The largest absolute Gasteiger partial charge is 0.465 e. The van der Waals surface area contributed by atoms with Gasteiger partial charge in [-0.3, -0.25) is 4.79 Å². The number of carbonyl (C=O) groups is 2. The Bertz CT molecular complexity index is 521. The fourth-order valence-corrected chi connectivity index (χ4v) is 2.81. The molecule has 0 spiro atoms. The number of esters is 2. The van der Waals surface area contributed by atoms with Crippen molar-refractivity contribution in [2.24, 2.45) is 0 Å². The summed E-state index contributed by atoms with van der Waals surface area (Å²) in [6, 6.07) is 1.76. The highest BCUT2D eigenvalue weighted by Crippen LogP contribution is 2.31. The number of fused-ring (bicyclic) bond motifs is 1. The Morgan fingerprint density at radius 3 is 2.64 bits per heavy atom. The first-order valence-electron chi connectivity index (χ1n) is 8.21. The Morgan fingerprint density at radius 1 is 1.18 bits per heavy atom. The quantitative estimate of drug-likeness (QED) is 0.757. The van der Waals surface area contributed by atoms with Crippen LogP contribution in [-0.4, -0.2) is 29.7 Å². The van der Waals surface area contributed by atoms with Gasteiger partial charge in [-0.1, -0.05) is 20.3 Å². The number of aryl methyl sites for hydroxylation is 1. The topological polar surface area (TPSA) is 57.5 Å². The van der Waals surface area contributed by atoms with Gasteiger partial charge in [-0.05, 0) is 31.7 Å². The van der Waals surface area contributed by atoms with Crippen LogP contribution in [0.1, 0.15) is 67.9 Å². The Balaban J connectivity index is 2.27. The van der Waals surface area contributed by atoms with E-state index in [2.05, 4.69) is 0 Å². The van der Waals surface area contributed by atoms with Gasteiger partial charge in [-0.25, -0.2) is 4.79 Å². The van der Waals surface area contributed by atoms with E-state index < -0.39 is 0 Å². The highest BCUT2D eigenvalue weighted by atomic mass is 16.5. The highest BCUT2D eigenvalue weighted by Gasteiger charge is 2.31. The summed E-state index contributed by atoms with van der Waals surface area (Å²) in [4.78, 5) is 24.6. The number of rotatable bonds is 6. The van der Waals surface area contributed by atoms with Crippen LogP contribution < -0.4 is 0 Å². The van der Waals surface area contributed by atoms with Crippen LogP contribution in [0.25, 0.3) is 0 Å². The second kappa shape index (κ2) is 8.01. The first-order chi connectivity index (χ1) is 10.7. The molecule has 2 heterocycles. The summed E-state index contributed by atoms with van der Waals surface area (Å²) in [5.74, 6) is -0.938. The lowest BCUT2D eigenvalue weighted by Gasteiger charge is -2.17. The molecular weight excluding hydrogens is 282 g/mol. The molecule has 122 valence electrons. The van der Waals surface area contributed by atoms with Gasteiger partial charge in [0.15, 0.2) is 0 Å². The van der Waals surface area contributed by atoms with Crippen LogP contribution in [-0.2, 0) is 20.8 Å². The number of carbonyl (C=O) groups excluding carboxylic acids is 2. The molecule has 0 N–H and O–H groups in total. The van der Waals surface area contributed by atoms with Crippen LogP contribution in [0.4, 0.5) is 0 Å². The van der Waals surface area contributed by atoms with Crippen LogP contribution in [0.5, 0.6) is 0 Å². The van der Waals surface area contributed by atoms with Crippen molar-refractivity contribution < 1.29 is 19.1 Å². The van der Waals surface area contributed by atoms with E-state index in [0.29, 0.717) is 18.8 Å². The van der Waals surface area contributed by atoms with E-state index in [-0.39, 0.29) is 17.9 Å². The van der Waals surface area contributed by atoms with E-state index in [1.807, 2.05) is 24.6 Å². The summed E-state index contributed by atoms with van der Waals surface area (Å²) in [7, 11) is 0. The second-order valence-corrected chi connectivity index (χ2v) is 5.66. The van der Waals surface area contributed by atoms with Gasteiger partial charge in [0.25, 0.3) is 0 Å². The predicted molar refractivity (Wildman–Crippen MR) is 82.8 cm³/mol. The smallest absolute Gasteiger partial charge is 0.339 e. The van der Waals surface area contributed by atoms with E-state index in [4.69, 9.17) is 9.47 Å². The molecule has 1 unspecified atom stereocenters. The molecule has 0 saturated carbocycles. The molecule has 0 saturated heterocycles. The van der Waals surface area contributed by atoms with E-state index in [9.17, 15) is 9.59 Å². The molecule has 5 nitrogen and oxygen atoms in total. The van der Waals surface area contributed by atoms with Crippen LogP contribution >= 0.6 is 0 Å². The second-order valence-electron chi connectivity index (χ2n) is 5.66. The molecule has 2 rings (SSSR count). The average Bonchev–Trinajstić information content (AvgIpc) is 2.83. The fourth-order valence-electron chi connectivity index (χ4n) is 2.81. The Morgan fingerprint density at radius 2 is 1.91 bits per heavy atom. The van der Waals surface area contributed by atoms with Crippen molar-refractivity contribution in [3.05, 3.63) is 23.5 Å². The van der Waals surface area contributed by atoms with Gasteiger partial charge in [0.1, 0.15) is 0 Å². The number of hydrogen-bond donors (Lipinski definition) is 0. The van der Waals surface area contributed by atoms with Crippen molar-refractivity contribution in [2.45, 2.75) is 58.4 Å². The average molecular weight is 307 g/mol. The maximum Gasteiger partial charge on any atom is 0.339 e. The van der Waals surface area contributed by atoms with Gasteiger partial charge in [0.05, 0.1) is 24.7 Å². The maximum atomic E-state index is 12.4. The summed E-state index contributed by atoms with van der Waals surface area (Å²) in [6.07, 6.45) is 6.14. The van der Waals surface area contributed by atoms with Crippen LogP contribution in [0, 0.1) is 0 Å². The molecule has 0 bridgehead atoms. The molecule has 1 aliphatic heterocycles. The number of hydrogen-bond acceptors (Lipinski definition) is 4. The lowest BCUT2D eigenvalue weighted by Crippen LogP contribution is -2.21. The van der Waals surface area contributed by atoms with Gasteiger partial charge >= 0.3 is 11.9 Å². The van der Waals surface area contributed by atoms with Gasteiger partial charge in [0.2, 0.25) is 0 Å². The summed E-state index contributed by atoms with van der Waals surface area (Å²) in [6.45, 7) is 5.57. The minimum Gasteiger partial charge on any atom is -0.465 e. The van der Waals surface area contributed by atoms with Crippen LogP contribution in [0.15, 0.2) is 12.3 Å². The number of ether oxygens (including phenoxy) is 2. The number of aromatic nitrogens is 1. The van der Waals surface area contributed by atoms with E-state index in [0.717, 1.165) is 44.3 Å². The van der Waals surface area contributed by atoms with Crippen molar-refractivity contribution >= 4 is 11.9 Å². The monoisotopic (exact) mass is 307 g/mol. The lowest BCUT2D eigenvalue weighted by atomic mass is 9.97. The molecule has 0 amide bonds. The molecule has 5 heteroatoms. The minimum absolute atomic E-state index is 0.228. The van der Waals surface area contributed by atoms with Crippen molar-refractivity contribution in [3.8, 4) is 0 Å². The van der Waals surface area contributed by atoms with E-state index >= 15 is 0 Å². The molecule has 0 radical (unpaired) electrons. The molecule has 0 fully saturated rings. The Kier molecular flexibility index (Phi) is 6.04. The van der Waals surface area contributed by atoms with Gasteiger partial charge in [-0.2, -0.15) is 0 Å². The predicted octanol–water partition coefficient (Wildman–Crippen LogP) is 3.28. The third-order valence-corrected chi connectivity index (χ3v) is 3.87. The van der Waals surface area contributed by atoms with Crippen LogP contribution in [0.3, 0.4) is 0 Å². The zero-order valence-electron chi connectivity index (χ0n) is 13.5. The molecule has 1 aromatic heterocycles. The Labute approximate surface area is 131 Å². The molecule has 1 aliphatic rings. The SMILES string of the molecule is CCCOC(=O)c1ccn2c1C(C(=O)OCCC)CCCC2. The van der Waals surface area contributed by atoms with Gasteiger partial charge in [0, 0.05) is 18.4 Å². The first-order valence-corrected chi connectivity index (χ1v) is 8.21. The van der Waals surface area contributed by atoms with E-state index in [1.165, 1.54) is 0 Å². The highest BCUT2D eigenvalue weighted by molar-refractivity contribution is 5.93. The lowest BCUT2D eigenvalue weighted by molar-refractivity contribution is -0.145. The van der Waals surface area contributed by atoms with Crippen molar-refractivity contribution in [1.82, 2.24) is 4.57 Å². The molecule has 1 atom stereocenters. The van der Waals surface area contributed by atoms with Crippen molar-refractivity contribution in [1.29, 1.82) is 0 Å². The summed E-state index contributed by atoms with van der Waals surface area (Å²) < 4.78 is 12.6. The van der Waals surface area contributed by atoms with Crippen molar-refractivity contribution in [3.63, 3.8) is 0 Å². The third kappa shape index (κ3) is 3.70. The van der Waals surface area contributed by atoms with Gasteiger partial charge < -0.3 is 14.0 Å². The minimum atomic E-state index is -0.367. The van der Waals surface area contributed by atoms with Crippen LogP contribution in [0.2, 0.25) is 0 Å². The molecule has 1 aromatic rings.